The molecule has 0 unspecified atom stereocenters. The molecule has 7 heteroatoms. The van der Waals surface area contributed by atoms with Crippen LogP contribution in [-0.2, 0) is 31.5 Å². The van der Waals surface area contributed by atoms with Gasteiger partial charge in [-0.3, -0.25) is 18.9 Å². The highest BCUT2D eigenvalue weighted by molar-refractivity contribution is 5.81. The molecule has 0 aliphatic carbocycles. The summed E-state index contributed by atoms with van der Waals surface area (Å²) in [5, 5.41) is 0. The Hall–Kier alpha value is -3.61. The number of rotatable bonds is 6. The molecule has 3 aromatic heterocycles. The van der Waals surface area contributed by atoms with E-state index in [4.69, 9.17) is 4.42 Å². The minimum atomic E-state index is -0.214. The number of carbonyl (C=O) groups excluding carboxylic acids is 1. The maximum Gasteiger partial charge on any atom is 0.329 e. The van der Waals surface area contributed by atoms with Gasteiger partial charge in [-0.15, -0.1) is 0 Å². The molecule has 0 aliphatic heterocycles. The third-order valence-corrected chi connectivity index (χ3v) is 4.72. The molecule has 0 aliphatic rings. The number of aryl methyl sites for hydroxylation is 1. The molecule has 0 saturated carbocycles. The van der Waals surface area contributed by atoms with Crippen molar-refractivity contribution in [3.05, 3.63) is 89.0 Å². The van der Waals surface area contributed by atoms with Crippen molar-refractivity contribution in [1.29, 1.82) is 0 Å². The number of aromatic nitrogens is 3. The smallest absolute Gasteiger partial charge is 0.329 e. The lowest BCUT2D eigenvalue weighted by molar-refractivity contribution is -0.133. The maximum absolute atomic E-state index is 13.1. The molecule has 0 radical (unpaired) electrons. The van der Waals surface area contributed by atoms with Crippen LogP contribution in [0.5, 0.6) is 0 Å². The molecule has 0 saturated heterocycles. The number of furan rings is 1. The first-order valence-electron chi connectivity index (χ1n) is 8.97. The van der Waals surface area contributed by atoms with Crippen molar-refractivity contribution in [2.75, 3.05) is 0 Å². The van der Waals surface area contributed by atoms with Crippen molar-refractivity contribution in [1.82, 2.24) is 19.0 Å². The number of hydrogen-bond acceptors (Lipinski definition) is 4. The van der Waals surface area contributed by atoms with E-state index in [0.717, 1.165) is 16.6 Å². The number of benzene rings is 1. The van der Waals surface area contributed by atoms with Gasteiger partial charge in [0.1, 0.15) is 12.3 Å². The summed E-state index contributed by atoms with van der Waals surface area (Å²) in [6, 6.07) is 14.8. The summed E-state index contributed by atoms with van der Waals surface area (Å²) >= 11 is 0. The molecule has 1 amide bonds. The molecule has 7 nitrogen and oxygen atoms in total. The van der Waals surface area contributed by atoms with E-state index in [9.17, 15) is 9.59 Å². The predicted octanol–water partition coefficient (Wildman–Crippen LogP) is 2.56. The molecule has 142 valence electrons. The lowest BCUT2D eigenvalue weighted by Gasteiger charge is -2.22. The summed E-state index contributed by atoms with van der Waals surface area (Å²) in [5.41, 5.74) is 2.23. The van der Waals surface area contributed by atoms with Crippen LogP contribution in [0, 0.1) is 0 Å². The van der Waals surface area contributed by atoms with Gasteiger partial charge in [0, 0.05) is 26.0 Å². The molecule has 0 spiro atoms. The maximum atomic E-state index is 13.1. The van der Waals surface area contributed by atoms with Gasteiger partial charge in [0.05, 0.1) is 23.8 Å². The first-order chi connectivity index (χ1) is 13.6. The van der Waals surface area contributed by atoms with E-state index in [1.54, 1.807) is 41.2 Å². The number of para-hydroxylation sites is 2. The quantitative estimate of drug-likeness (QED) is 0.518. The van der Waals surface area contributed by atoms with Crippen molar-refractivity contribution in [3.63, 3.8) is 0 Å². The van der Waals surface area contributed by atoms with Gasteiger partial charge in [-0.1, -0.05) is 18.2 Å². The molecule has 28 heavy (non-hydrogen) atoms. The minimum Gasteiger partial charge on any atom is -0.467 e. The van der Waals surface area contributed by atoms with E-state index < -0.39 is 0 Å². The van der Waals surface area contributed by atoms with Crippen molar-refractivity contribution < 1.29 is 9.21 Å². The number of hydrogen-bond donors (Lipinski definition) is 0. The van der Waals surface area contributed by atoms with E-state index in [1.807, 2.05) is 42.5 Å². The van der Waals surface area contributed by atoms with Gasteiger partial charge < -0.3 is 9.32 Å². The molecule has 4 rings (SSSR count). The lowest BCUT2D eigenvalue weighted by Crippen LogP contribution is -2.36. The van der Waals surface area contributed by atoms with Gasteiger partial charge in [0.25, 0.3) is 0 Å². The summed E-state index contributed by atoms with van der Waals surface area (Å²) < 4.78 is 8.48. The highest BCUT2D eigenvalue weighted by Gasteiger charge is 2.20. The minimum absolute atomic E-state index is 0.0405. The molecule has 0 N–H and O–H groups in total. The molecule has 3 heterocycles. The second kappa shape index (κ2) is 7.56. The Balaban J connectivity index is 1.64. The first-order valence-corrected chi connectivity index (χ1v) is 8.97. The van der Waals surface area contributed by atoms with E-state index in [2.05, 4.69) is 4.98 Å². The largest absolute Gasteiger partial charge is 0.467 e. The van der Waals surface area contributed by atoms with Gasteiger partial charge in [0.15, 0.2) is 0 Å². The standard InChI is InChI=1S/C21H20N4O3/c1-23-18-8-2-3-9-19(18)25(21(23)27)15-20(26)24(14-17-7-5-11-28-17)13-16-6-4-10-22-12-16/h2-12H,13-15H2,1H3. The average molecular weight is 376 g/mol. The molecule has 1 aromatic carbocycles. The van der Waals surface area contributed by atoms with Crippen LogP contribution >= 0.6 is 0 Å². The summed E-state index contributed by atoms with van der Waals surface area (Å²) in [6.45, 7) is 0.661. The van der Waals surface area contributed by atoms with Crippen LogP contribution in [0.1, 0.15) is 11.3 Å². The van der Waals surface area contributed by atoms with E-state index >= 15 is 0 Å². The van der Waals surface area contributed by atoms with Crippen LogP contribution in [0.2, 0.25) is 0 Å². The number of imidazole rings is 1. The topological polar surface area (TPSA) is 73.3 Å². The molecular formula is C21H20N4O3. The zero-order chi connectivity index (χ0) is 19.5. The van der Waals surface area contributed by atoms with Gasteiger partial charge in [-0.2, -0.15) is 0 Å². The van der Waals surface area contributed by atoms with Crippen molar-refractivity contribution in [3.8, 4) is 0 Å². The number of carbonyl (C=O) groups is 1. The molecule has 0 fully saturated rings. The summed E-state index contributed by atoms with van der Waals surface area (Å²) in [4.78, 5) is 31.6. The zero-order valence-electron chi connectivity index (χ0n) is 15.5. The normalized spacial score (nSPS) is 11.0. The Morgan fingerprint density at radius 1 is 1.07 bits per heavy atom. The highest BCUT2D eigenvalue weighted by Crippen LogP contribution is 2.14. The monoisotopic (exact) mass is 376 g/mol. The first kappa shape index (κ1) is 17.8. The van der Waals surface area contributed by atoms with E-state index in [0.29, 0.717) is 18.8 Å². The lowest BCUT2D eigenvalue weighted by atomic mass is 10.2. The molecular weight excluding hydrogens is 356 g/mol. The molecule has 0 atom stereocenters. The predicted molar refractivity (Wildman–Crippen MR) is 104 cm³/mol. The Morgan fingerprint density at radius 3 is 2.61 bits per heavy atom. The van der Waals surface area contributed by atoms with E-state index in [1.165, 1.54) is 4.57 Å². The van der Waals surface area contributed by atoms with Crippen LogP contribution in [0.25, 0.3) is 11.0 Å². The Kier molecular flexibility index (Phi) is 4.80. The summed E-state index contributed by atoms with van der Waals surface area (Å²) in [5.74, 6) is 0.515. The highest BCUT2D eigenvalue weighted by atomic mass is 16.3. The number of amides is 1. The summed E-state index contributed by atoms with van der Waals surface area (Å²) in [6.07, 6.45) is 5.00. The Morgan fingerprint density at radius 2 is 1.89 bits per heavy atom. The van der Waals surface area contributed by atoms with Gasteiger partial charge >= 0.3 is 5.69 Å². The second-order valence-electron chi connectivity index (χ2n) is 6.61. The number of nitrogens with zero attached hydrogens (tertiary/aromatic N) is 4. The fourth-order valence-corrected chi connectivity index (χ4v) is 3.29. The third-order valence-electron chi connectivity index (χ3n) is 4.72. The fraction of sp³-hybridized carbons (Fsp3) is 0.190. The Bertz CT molecular complexity index is 1140. The third kappa shape index (κ3) is 3.46. The van der Waals surface area contributed by atoms with Crippen LogP contribution in [-0.4, -0.2) is 24.9 Å². The molecule has 0 bridgehead atoms. The second-order valence-corrected chi connectivity index (χ2v) is 6.61. The number of fused-ring (bicyclic) bond motifs is 1. The zero-order valence-corrected chi connectivity index (χ0v) is 15.5. The van der Waals surface area contributed by atoms with Crippen LogP contribution in [0.3, 0.4) is 0 Å². The van der Waals surface area contributed by atoms with Crippen molar-refractivity contribution in [2.24, 2.45) is 7.05 Å². The Labute approximate surface area is 161 Å². The van der Waals surface area contributed by atoms with E-state index in [-0.39, 0.29) is 18.1 Å². The summed E-state index contributed by atoms with van der Waals surface area (Å²) in [7, 11) is 1.71. The van der Waals surface area contributed by atoms with Crippen LogP contribution < -0.4 is 5.69 Å². The fourth-order valence-electron chi connectivity index (χ4n) is 3.29. The van der Waals surface area contributed by atoms with Crippen LogP contribution in [0.4, 0.5) is 0 Å². The van der Waals surface area contributed by atoms with Crippen molar-refractivity contribution >= 4 is 16.9 Å². The van der Waals surface area contributed by atoms with Gasteiger partial charge in [-0.25, -0.2) is 4.79 Å². The average Bonchev–Trinajstić information content (AvgIpc) is 3.31. The molecule has 4 aromatic rings. The van der Waals surface area contributed by atoms with Crippen molar-refractivity contribution in [2.45, 2.75) is 19.6 Å². The van der Waals surface area contributed by atoms with Gasteiger partial charge in [-0.05, 0) is 35.9 Å². The number of pyridine rings is 1. The van der Waals surface area contributed by atoms with Crippen LogP contribution in [0.15, 0.2) is 76.4 Å². The van der Waals surface area contributed by atoms with Gasteiger partial charge in [0.2, 0.25) is 5.91 Å². The SMILES string of the molecule is Cn1c(=O)n(CC(=O)N(Cc2cccnc2)Cc2ccco2)c2ccccc21.